The third-order valence-corrected chi connectivity index (χ3v) is 4.30. The maximum atomic E-state index is 4.96. The van der Waals surface area contributed by atoms with Gasteiger partial charge in [0.05, 0.1) is 11.4 Å². The Morgan fingerprint density at radius 3 is 2.86 bits per heavy atom. The first-order valence-electron chi connectivity index (χ1n) is 8.28. The van der Waals surface area contributed by atoms with Gasteiger partial charge in [-0.1, -0.05) is 38.5 Å². The quantitative estimate of drug-likeness (QED) is 0.914. The van der Waals surface area contributed by atoms with E-state index in [1.54, 1.807) is 0 Å². The van der Waals surface area contributed by atoms with Crippen LogP contribution in [0.15, 0.2) is 24.3 Å². The fourth-order valence-corrected chi connectivity index (χ4v) is 3.20. The summed E-state index contributed by atoms with van der Waals surface area (Å²) in [6.45, 7) is 5.50. The Labute approximate surface area is 127 Å². The average Bonchev–Trinajstić information content (AvgIpc) is 2.71. The molecule has 1 aliphatic rings. The summed E-state index contributed by atoms with van der Waals surface area (Å²) in [4.78, 5) is 0. The maximum absolute atomic E-state index is 4.96. The van der Waals surface area contributed by atoms with Crippen molar-refractivity contribution in [2.24, 2.45) is 0 Å². The molecule has 1 N–H and O–H groups in total. The van der Waals surface area contributed by atoms with Crippen LogP contribution in [0.1, 0.15) is 49.9 Å². The highest BCUT2D eigenvalue weighted by Gasteiger charge is 2.20. The SMILES string of the molecule is CCCc1nn(-c2ccccc2CC)c2c1CCCCN2. The van der Waals surface area contributed by atoms with Gasteiger partial charge in [-0.25, -0.2) is 4.68 Å². The second-order valence-electron chi connectivity index (χ2n) is 5.80. The Morgan fingerprint density at radius 1 is 1.19 bits per heavy atom. The van der Waals surface area contributed by atoms with Crippen LogP contribution in [-0.2, 0) is 19.3 Å². The molecule has 21 heavy (non-hydrogen) atoms. The first kappa shape index (κ1) is 14.2. The highest BCUT2D eigenvalue weighted by Crippen LogP contribution is 2.30. The van der Waals surface area contributed by atoms with E-state index in [0.29, 0.717) is 0 Å². The van der Waals surface area contributed by atoms with Crippen molar-refractivity contribution < 1.29 is 0 Å². The van der Waals surface area contributed by atoms with Crippen LogP contribution in [0.2, 0.25) is 0 Å². The summed E-state index contributed by atoms with van der Waals surface area (Å²) in [5.41, 5.74) is 5.32. The van der Waals surface area contributed by atoms with Crippen molar-refractivity contribution in [3.05, 3.63) is 41.1 Å². The van der Waals surface area contributed by atoms with Crippen LogP contribution in [-0.4, -0.2) is 16.3 Å². The highest BCUT2D eigenvalue weighted by molar-refractivity contribution is 5.56. The molecule has 0 spiro atoms. The lowest BCUT2D eigenvalue weighted by Gasteiger charge is -2.12. The summed E-state index contributed by atoms with van der Waals surface area (Å²) in [6, 6.07) is 8.62. The lowest BCUT2D eigenvalue weighted by molar-refractivity contribution is 0.751. The van der Waals surface area contributed by atoms with Crippen LogP contribution < -0.4 is 5.32 Å². The molecular weight excluding hydrogens is 258 g/mol. The van der Waals surface area contributed by atoms with E-state index in [2.05, 4.69) is 48.1 Å². The zero-order valence-electron chi connectivity index (χ0n) is 13.2. The molecule has 2 heterocycles. The molecule has 2 aromatic rings. The van der Waals surface area contributed by atoms with Gasteiger partial charge in [0, 0.05) is 12.1 Å². The zero-order valence-corrected chi connectivity index (χ0v) is 13.2. The maximum Gasteiger partial charge on any atom is 0.133 e. The molecule has 0 fully saturated rings. The van der Waals surface area contributed by atoms with Crippen molar-refractivity contribution >= 4 is 5.82 Å². The van der Waals surface area contributed by atoms with Gasteiger partial charge in [-0.3, -0.25) is 0 Å². The lowest BCUT2D eigenvalue weighted by Crippen LogP contribution is -2.08. The fraction of sp³-hybridized carbons (Fsp3) is 0.500. The number of fused-ring (bicyclic) bond motifs is 1. The molecule has 0 radical (unpaired) electrons. The van der Waals surface area contributed by atoms with E-state index < -0.39 is 0 Å². The molecular formula is C18H25N3. The minimum Gasteiger partial charge on any atom is -0.370 e. The van der Waals surface area contributed by atoms with Crippen molar-refractivity contribution in [1.82, 2.24) is 9.78 Å². The molecule has 1 aromatic carbocycles. The van der Waals surface area contributed by atoms with E-state index in [4.69, 9.17) is 5.10 Å². The number of hydrogen-bond donors (Lipinski definition) is 1. The van der Waals surface area contributed by atoms with E-state index >= 15 is 0 Å². The van der Waals surface area contributed by atoms with Crippen LogP contribution in [0.4, 0.5) is 5.82 Å². The number of anilines is 1. The van der Waals surface area contributed by atoms with Gasteiger partial charge in [0.25, 0.3) is 0 Å². The standard InChI is InChI=1S/C18H25N3/c1-3-9-16-15-11-7-8-13-19-18(15)21(20-16)17-12-6-5-10-14(17)4-2/h5-6,10,12,19H,3-4,7-9,11,13H2,1-2H3. The van der Waals surface area contributed by atoms with Gasteiger partial charge in [0.1, 0.15) is 5.82 Å². The van der Waals surface area contributed by atoms with Crippen molar-refractivity contribution in [1.29, 1.82) is 0 Å². The van der Waals surface area contributed by atoms with Crippen molar-refractivity contribution in [2.75, 3.05) is 11.9 Å². The van der Waals surface area contributed by atoms with Crippen LogP contribution in [0.3, 0.4) is 0 Å². The Balaban J connectivity index is 2.13. The summed E-state index contributed by atoms with van der Waals surface area (Å²) in [5, 5.41) is 8.58. The van der Waals surface area contributed by atoms with Crippen LogP contribution in [0.5, 0.6) is 0 Å². The monoisotopic (exact) mass is 283 g/mol. The van der Waals surface area contributed by atoms with E-state index in [1.807, 2.05) is 0 Å². The number of nitrogens with zero attached hydrogens (tertiary/aromatic N) is 2. The van der Waals surface area contributed by atoms with Gasteiger partial charge in [0.2, 0.25) is 0 Å². The molecule has 0 unspecified atom stereocenters. The summed E-state index contributed by atoms with van der Waals surface area (Å²) < 4.78 is 2.16. The predicted molar refractivity (Wildman–Crippen MR) is 88.4 cm³/mol. The molecule has 112 valence electrons. The highest BCUT2D eigenvalue weighted by atomic mass is 15.3. The second-order valence-corrected chi connectivity index (χ2v) is 5.80. The van der Waals surface area contributed by atoms with Gasteiger partial charge in [-0.15, -0.1) is 0 Å². The zero-order chi connectivity index (χ0) is 14.7. The molecule has 3 heteroatoms. The number of hydrogen-bond acceptors (Lipinski definition) is 2. The Morgan fingerprint density at radius 2 is 2.05 bits per heavy atom. The normalized spacial score (nSPS) is 14.4. The predicted octanol–water partition coefficient (Wildman–Crippen LogP) is 4.14. The van der Waals surface area contributed by atoms with E-state index in [0.717, 1.165) is 32.2 Å². The largest absolute Gasteiger partial charge is 0.370 e. The van der Waals surface area contributed by atoms with Crippen LogP contribution >= 0.6 is 0 Å². The van der Waals surface area contributed by atoms with Crippen molar-refractivity contribution in [2.45, 2.75) is 52.4 Å². The number of benzene rings is 1. The van der Waals surface area contributed by atoms with Gasteiger partial charge >= 0.3 is 0 Å². The Bertz CT molecular complexity index is 613. The van der Waals surface area contributed by atoms with Gasteiger partial charge in [-0.2, -0.15) is 5.10 Å². The summed E-state index contributed by atoms with van der Waals surface area (Å²) in [7, 11) is 0. The first-order valence-corrected chi connectivity index (χ1v) is 8.28. The van der Waals surface area contributed by atoms with Gasteiger partial charge in [-0.05, 0) is 43.7 Å². The summed E-state index contributed by atoms with van der Waals surface area (Å²) in [6.07, 6.45) is 6.93. The van der Waals surface area contributed by atoms with Crippen molar-refractivity contribution in [3.63, 3.8) is 0 Å². The third-order valence-electron chi connectivity index (χ3n) is 4.30. The smallest absolute Gasteiger partial charge is 0.133 e. The minimum atomic E-state index is 1.04. The first-order chi connectivity index (χ1) is 10.3. The number of rotatable bonds is 4. The molecule has 3 rings (SSSR count). The topological polar surface area (TPSA) is 29.9 Å². The Hall–Kier alpha value is -1.77. The molecule has 1 aliphatic heterocycles. The minimum absolute atomic E-state index is 1.04. The third kappa shape index (κ3) is 2.69. The fourth-order valence-electron chi connectivity index (χ4n) is 3.20. The summed E-state index contributed by atoms with van der Waals surface area (Å²) >= 11 is 0. The molecule has 0 bridgehead atoms. The van der Waals surface area contributed by atoms with Gasteiger partial charge < -0.3 is 5.32 Å². The van der Waals surface area contributed by atoms with E-state index in [-0.39, 0.29) is 0 Å². The second kappa shape index (κ2) is 6.33. The van der Waals surface area contributed by atoms with Crippen LogP contribution in [0.25, 0.3) is 5.69 Å². The van der Waals surface area contributed by atoms with Crippen LogP contribution in [0, 0.1) is 0 Å². The molecule has 0 amide bonds. The number of nitrogens with one attached hydrogen (secondary N) is 1. The molecule has 3 nitrogen and oxygen atoms in total. The lowest BCUT2D eigenvalue weighted by atomic mass is 10.1. The molecule has 0 saturated heterocycles. The Kier molecular flexibility index (Phi) is 4.28. The van der Waals surface area contributed by atoms with Crippen molar-refractivity contribution in [3.8, 4) is 5.69 Å². The van der Waals surface area contributed by atoms with E-state index in [1.165, 1.54) is 41.2 Å². The molecule has 0 atom stereocenters. The van der Waals surface area contributed by atoms with E-state index in [9.17, 15) is 0 Å². The number of aryl methyl sites for hydroxylation is 2. The molecule has 1 aromatic heterocycles. The number of aromatic nitrogens is 2. The van der Waals surface area contributed by atoms with Gasteiger partial charge in [0.15, 0.2) is 0 Å². The average molecular weight is 283 g/mol. The number of para-hydroxylation sites is 1. The molecule has 0 aliphatic carbocycles. The summed E-state index contributed by atoms with van der Waals surface area (Å²) in [5.74, 6) is 1.23. The molecule has 0 saturated carbocycles.